The Kier molecular flexibility index (Phi) is 7.69. The second-order valence-corrected chi connectivity index (χ2v) is 7.90. The van der Waals surface area contributed by atoms with Crippen LogP contribution >= 0.6 is 11.6 Å². The summed E-state index contributed by atoms with van der Waals surface area (Å²) in [6.07, 6.45) is 12.6. The van der Waals surface area contributed by atoms with Crippen molar-refractivity contribution in [3.05, 3.63) is 23.6 Å². The molecule has 29 heavy (non-hydrogen) atoms. The number of carbonyl (C=O) groups is 1. The maximum atomic E-state index is 12.4. The number of carbonyl (C=O) groups excluding carboxylic acids is 1. The molecule has 2 heterocycles. The van der Waals surface area contributed by atoms with Crippen molar-refractivity contribution in [3.63, 3.8) is 0 Å². The molecule has 3 N–H and O–H groups in total. The molecular formula is C20H30ClN7O. The van der Waals surface area contributed by atoms with Crippen molar-refractivity contribution in [3.8, 4) is 0 Å². The van der Waals surface area contributed by atoms with E-state index in [1.54, 1.807) is 19.4 Å². The van der Waals surface area contributed by atoms with Crippen molar-refractivity contribution >= 4 is 35.0 Å². The van der Waals surface area contributed by atoms with Gasteiger partial charge in [0.1, 0.15) is 10.8 Å². The first-order valence-electron chi connectivity index (χ1n) is 10.4. The predicted octanol–water partition coefficient (Wildman–Crippen LogP) is 4.15. The van der Waals surface area contributed by atoms with Crippen LogP contribution in [0.15, 0.2) is 18.6 Å². The fourth-order valence-electron chi connectivity index (χ4n) is 3.84. The first-order chi connectivity index (χ1) is 14.1. The zero-order valence-corrected chi connectivity index (χ0v) is 17.9. The molecule has 1 saturated carbocycles. The lowest BCUT2D eigenvalue weighted by Gasteiger charge is -2.30. The number of anilines is 3. The maximum absolute atomic E-state index is 12.4. The number of aromatic nitrogens is 4. The fraction of sp³-hybridized carbons (Fsp3) is 0.600. The van der Waals surface area contributed by atoms with E-state index in [0.717, 1.165) is 24.9 Å². The van der Waals surface area contributed by atoms with Crippen LogP contribution in [-0.2, 0) is 4.79 Å². The van der Waals surface area contributed by atoms with Crippen molar-refractivity contribution < 1.29 is 4.79 Å². The van der Waals surface area contributed by atoms with Crippen LogP contribution in [0.25, 0.3) is 0 Å². The molecule has 2 aromatic rings. The van der Waals surface area contributed by atoms with E-state index in [9.17, 15) is 4.79 Å². The lowest BCUT2D eigenvalue weighted by Crippen LogP contribution is -2.31. The van der Waals surface area contributed by atoms with Gasteiger partial charge in [-0.2, -0.15) is 10.1 Å². The highest BCUT2D eigenvalue weighted by Gasteiger charge is 2.28. The third-order valence-electron chi connectivity index (χ3n) is 5.34. The molecular weight excluding hydrogens is 390 g/mol. The van der Waals surface area contributed by atoms with Crippen LogP contribution in [0.4, 0.5) is 17.5 Å². The Morgan fingerprint density at radius 2 is 2.10 bits per heavy atom. The number of rotatable bonds is 9. The minimum absolute atomic E-state index is 0.0571. The standard InChI is InChI=1S/C20H30ClN7O/c1-3-9-23-18(29)10-17(14-7-5-4-6-8-14)28-13-15(11-25-28)26-20-24-12-16(21)19(22-2)27-20/h11-14,17H,3-10H2,1-2H3,(H,23,29)(H2,22,24,26,27). The van der Waals surface area contributed by atoms with E-state index < -0.39 is 0 Å². The topological polar surface area (TPSA) is 96.8 Å². The lowest BCUT2D eigenvalue weighted by atomic mass is 9.82. The molecule has 0 aliphatic heterocycles. The first kappa shape index (κ1) is 21.4. The van der Waals surface area contributed by atoms with Gasteiger partial charge >= 0.3 is 0 Å². The zero-order valence-electron chi connectivity index (χ0n) is 17.1. The van der Waals surface area contributed by atoms with Gasteiger partial charge in [-0.3, -0.25) is 9.48 Å². The fourth-order valence-corrected chi connectivity index (χ4v) is 4.02. The maximum Gasteiger partial charge on any atom is 0.229 e. The summed E-state index contributed by atoms with van der Waals surface area (Å²) in [5.41, 5.74) is 0.782. The Hall–Kier alpha value is -2.35. The van der Waals surface area contributed by atoms with Crippen molar-refractivity contribution in [2.45, 2.75) is 57.9 Å². The van der Waals surface area contributed by atoms with Gasteiger partial charge in [-0.15, -0.1) is 0 Å². The van der Waals surface area contributed by atoms with E-state index in [1.807, 2.05) is 10.9 Å². The molecule has 0 bridgehead atoms. The molecule has 1 fully saturated rings. The van der Waals surface area contributed by atoms with Crippen molar-refractivity contribution in [2.24, 2.45) is 5.92 Å². The van der Waals surface area contributed by atoms with E-state index in [2.05, 4.69) is 37.9 Å². The smallest absolute Gasteiger partial charge is 0.229 e. The van der Waals surface area contributed by atoms with Gasteiger partial charge in [0.25, 0.3) is 0 Å². The van der Waals surface area contributed by atoms with E-state index in [4.69, 9.17) is 11.6 Å². The van der Waals surface area contributed by atoms with Gasteiger partial charge in [-0.1, -0.05) is 37.8 Å². The Balaban J connectivity index is 1.74. The summed E-state index contributed by atoms with van der Waals surface area (Å²) >= 11 is 6.05. The normalized spacial score (nSPS) is 15.7. The van der Waals surface area contributed by atoms with Gasteiger partial charge in [0.15, 0.2) is 0 Å². The van der Waals surface area contributed by atoms with E-state index in [1.165, 1.54) is 19.3 Å². The van der Waals surface area contributed by atoms with E-state index in [0.29, 0.717) is 35.7 Å². The molecule has 8 nitrogen and oxygen atoms in total. The molecule has 0 radical (unpaired) electrons. The SMILES string of the molecule is CCCNC(=O)CC(C1CCCCC1)n1cc(Nc2ncc(Cl)c(NC)n2)cn1. The molecule has 1 unspecified atom stereocenters. The first-order valence-corrected chi connectivity index (χ1v) is 10.8. The van der Waals surface area contributed by atoms with Gasteiger partial charge in [-0.05, 0) is 25.2 Å². The zero-order chi connectivity index (χ0) is 20.6. The van der Waals surface area contributed by atoms with Crippen LogP contribution in [0.2, 0.25) is 5.02 Å². The summed E-state index contributed by atoms with van der Waals surface area (Å²) < 4.78 is 1.93. The second kappa shape index (κ2) is 10.4. The number of hydrogen-bond acceptors (Lipinski definition) is 6. The Morgan fingerprint density at radius 1 is 1.31 bits per heavy atom. The van der Waals surface area contributed by atoms with Crippen LogP contribution in [0, 0.1) is 5.92 Å². The largest absolute Gasteiger partial charge is 0.372 e. The Labute approximate surface area is 176 Å². The summed E-state index contributed by atoms with van der Waals surface area (Å²) in [5, 5.41) is 14.1. The molecule has 2 aromatic heterocycles. The summed E-state index contributed by atoms with van der Waals surface area (Å²) in [7, 11) is 1.76. The predicted molar refractivity (Wildman–Crippen MR) is 116 cm³/mol. The molecule has 3 rings (SSSR count). The number of amides is 1. The molecule has 158 valence electrons. The number of nitrogens with zero attached hydrogens (tertiary/aromatic N) is 4. The molecule has 0 saturated heterocycles. The average molecular weight is 420 g/mol. The minimum Gasteiger partial charge on any atom is -0.372 e. The summed E-state index contributed by atoms with van der Waals surface area (Å²) in [6.45, 7) is 2.77. The summed E-state index contributed by atoms with van der Waals surface area (Å²) in [4.78, 5) is 21.0. The molecule has 9 heteroatoms. The van der Waals surface area contributed by atoms with Gasteiger partial charge < -0.3 is 16.0 Å². The quantitative estimate of drug-likeness (QED) is 0.565. The third-order valence-corrected chi connectivity index (χ3v) is 5.62. The van der Waals surface area contributed by atoms with Crippen molar-refractivity contribution in [1.29, 1.82) is 0 Å². The van der Waals surface area contributed by atoms with E-state index >= 15 is 0 Å². The molecule has 1 aliphatic rings. The van der Waals surface area contributed by atoms with Crippen LogP contribution < -0.4 is 16.0 Å². The van der Waals surface area contributed by atoms with Crippen molar-refractivity contribution in [1.82, 2.24) is 25.1 Å². The van der Waals surface area contributed by atoms with Crippen LogP contribution in [-0.4, -0.2) is 39.2 Å². The summed E-state index contributed by atoms with van der Waals surface area (Å²) in [5.74, 6) is 1.55. The number of halogens is 1. The number of nitrogens with one attached hydrogen (secondary N) is 3. The Bertz CT molecular complexity index is 804. The minimum atomic E-state index is 0.0571. The number of hydrogen-bond donors (Lipinski definition) is 3. The van der Waals surface area contributed by atoms with Crippen LogP contribution in [0.5, 0.6) is 0 Å². The third kappa shape index (κ3) is 5.82. The van der Waals surface area contributed by atoms with Gasteiger partial charge in [0.05, 0.1) is 24.1 Å². The molecule has 1 atom stereocenters. The van der Waals surface area contributed by atoms with Gasteiger partial charge in [0.2, 0.25) is 11.9 Å². The average Bonchev–Trinajstić information content (AvgIpc) is 3.20. The molecule has 1 amide bonds. The molecule has 0 spiro atoms. The summed E-state index contributed by atoms with van der Waals surface area (Å²) in [6, 6.07) is 0.0571. The van der Waals surface area contributed by atoms with Crippen LogP contribution in [0.1, 0.15) is 57.9 Å². The highest BCUT2D eigenvalue weighted by atomic mass is 35.5. The monoisotopic (exact) mass is 419 g/mol. The van der Waals surface area contributed by atoms with Crippen molar-refractivity contribution in [2.75, 3.05) is 24.2 Å². The lowest BCUT2D eigenvalue weighted by molar-refractivity contribution is -0.122. The highest BCUT2D eigenvalue weighted by molar-refractivity contribution is 6.32. The van der Waals surface area contributed by atoms with Gasteiger partial charge in [-0.25, -0.2) is 4.98 Å². The van der Waals surface area contributed by atoms with Crippen LogP contribution in [0.3, 0.4) is 0 Å². The van der Waals surface area contributed by atoms with Gasteiger partial charge in [0, 0.05) is 26.2 Å². The molecule has 1 aliphatic carbocycles. The molecule has 0 aromatic carbocycles. The second-order valence-electron chi connectivity index (χ2n) is 7.49. The van der Waals surface area contributed by atoms with E-state index in [-0.39, 0.29) is 11.9 Å². The highest BCUT2D eigenvalue weighted by Crippen LogP contribution is 2.35. The Morgan fingerprint density at radius 3 is 2.83 bits per heavy atom.